The molecule has 194 valence electrons. The summed E-state index contributed by atoms with van der Waals surface area (Å²) in [5.74, 6) is 0.109. The molecule has 1 saturated heterocycles. The van der Waals surface area contributed by atoms with Crippen molar-refractivity contribution in [1.82, 2.24) is 19.6 Å². The van der Waals surface area contributed by atoms with Crippen LogP contribution in [0.5, 0.6) is 0 Å². The van der Waals surface area contributed by atoms with Gasteiger partial charge in [-0.2, -0.15) is 5.10 Å². The van der Waals surface area contributed by atoms with Gasteiger partial charge in [0.05, 0.1) is 17.9 Å². The Morgan fingerprint density at radius 2 is 1.91 bits per heavy atom. The normalized spacial score (nSPS) is 23.7. The minimum Gasteiger partial charge on any atom is -0.388 e. The zero-order valence-corrected chi connectivity index (χ0v) is 21.3. The van der Waals surface area contributed by atoms with Crippen molar-refractivity contribution in [2.75, 3.05) is 46.0 Å². The molecule has 3 atom stereocenters. The fourth-order valence-corrected chi connectivity index (χ4v) is 3.90. The number of rotatable bonds is 5. The molecule has 2 N–H and O–H groups in total. The third-order valence-electron chi connectivity index (χ3n) is 6.07. The molecule has 1 aromatic heterocycles. The molecule has 1 aliphatic heterocycles. The van der Waals surface area contributed by atoms with Crippen molar-refractivity contribution < 1.29 is 29.3 Å². The van der Waals surface area contributed by atoms with Crippen molar-refractivity contribution in [2.24, 2.45) is 13.0 Å². The first-order valence-electron chi connectivity index (χ1n) is 12.2. The van der Waals surface area contributed by atoms with E-state index in [4.69, 9.17) is 9.47 Å². The van der Waals surface area contributed by atoms with Gasteiger partial charge in [0.25, 0.3) is 5.91 Å². The quantitative estimate of drug-likeness (QED) is 0.642. The van der Waals surface area contributed by atoms with Gasteiger partial charge in [-0.15, -0.1) is 0 Å². The van der Waals surface area contributed by atoms with Gasteiger partial charge < -0.3 is 29.5 Å². The molecule has 0 unspecified atom stereocenters. The molecule has 0 aliphatic carbocycles. The van der Waals surface area contributed by atoms with Gasteiger partial charge in [0.2, 0.25) is 5.91 Å². The maximum absolute atomic E-state index is 13.3. The Bertz CT molecular complexity index is 784. The highest BCUT2D eigenvalue weighted by atomic mass is 16.5. The van der Waals surface area contributed by atoms with Crippen LogP contribution in [0.4, 0.5) is 0 Å². The summed E-state index contributed by atoms with van der Waals surface area (Å²) in [7, 11) is 1.78. The molecule has 1 aromatic rings. The molecule has 1 aliphatic rings. The molecular formula is C24H42N4O6. The number of hydrogen-bond acceptors (Lipinski definition) is 7. The van der Waals surface area contributed by atoms with E-state index in [9.17, 15) is 19.8 Å². The first-order valence-corrected chi connectivity index (χ1v) is 12.2. The largest absolute Gasteiger partial charge is 0.388 e. The molecule has 0 radical (unpaired) electrons. The molecule has 1 fully saturated rings. The third kappa shape index (κ3) is 8.65. The molecule has 2 rings (SSSR count). The highest BCUT2D eigenvalue weighted by Gasteiger charge is 2.31. The van der Waals surface area contributed by atoms with Crippen LogP contribution >= 0.6 is 0 Å². The van der Waals surface area contributed by atoms with Gasteiger partial charge in [-0.3, -0.25) is 14.3 Å². The summed E-state index contributed by atoms with van der Waals surface area (Å²) >= 11 is 0. The van der Waals surface area contributed by atoms with E-state index in [2.05, 4.69) is 18.9 Å². The van der Waals surface area contributed by atoms with Gasteiger partial charge in [-0.25, -0.2) is 0 Å². The number of carbonyl (C=O) groups excluding carboxylic acids is 2. The second kappa shape index (κ2) is 13.8. The maximum atomic E-state index is 13.3. The van der Waals surface area contributed by atoms with Crippen molar-refractivity contribution in [3.63, 3.8) is 0 Å². The monoisotopic (exact) mass is 482 g/mol. The molecule has 0 spiro atoms. The summed E-state index contributed by atoms with van der Waals surface area (Å²) in [6.45, 7) is 9.47. The SMILES string of the molecule is CC(=O)N1CCN(C(=O)c2cn(C)nc2C)CCCCOC[C@@H](O)[C@@H](O)[C@H](OCCC(C)C)C1. The van der Waals surface area contributed by atoms with Crippen LogP contribution < -0.4 is 0 Å². The smallest absolute Gasteiger partial charge is 0.257 e. The molecule has 2 heterocycles. The van der Waals surface area contributed by atoms with E-state index < -0.39 is 18.3 Å². The first kappa shape index (κ1) is 28.2. The Balaban J connectivity index is 2.20. The first-order chi connectivity index (χ1) is 16.1. The number of aliphatic hydroxyl groups is 2. The second-order valence-electron chi connectivity index (χ2n) is 9.49. The average Bonchev–Trinajstić information content (AvgIpc) is 3.11. The van der Waals surface area contributed by atoms with Crippen LogP contribution in [0.3, 0.4) is 0 Å². The Morgan fingerprint density at radius 3 is 2.53 bits per heavy atom. The highest BCUT2D eigenvalue weighted by Crippen LogP contribution is 2.14. The molecule has 2 amide bonds. The number of hydrogen-bond donors (Lipinski definition) is 2. The van der Waals surface area contributed by atoms with Crippen LogP contribution in [0.1, 0.15) is 56.1 Å². The van der Waals surface area contributed by atoms with Crippen LogP contribution in [0.2, 0.25) is 0 Å². The minimum absolute atomic E-state index is 0.0250. The Morgan fingerprint density at radius 1 is 1.21 bits per heavy atom. The Hall–Kier alpha value is -2.01. The zero-order valence-electron chi connectivity index (χ0n) is 21.3. The molecule has 0 aromatic carbocycles. The molecular weight excluding hydrogens is 440 g/mol. The number of nitrogens with zero attached hydrogens (tertiary/aromatic N) is 4. The fraction of sp³-hybridized carbons (Fsp3) is 0.792. The van der Waals surface area contributed by atoms with Crippen molar-refractivity contribution in [2.45, 2.75) is 65.3 Å². The maximum Gasteiger partial charge on any atom is 0.257 e. The van der Waals surface area contributed by atoms with Gasteiger partial charge in [-0.1, -0.05) is 13.8 Å². The van der Waals surface area contributed by atoms with E-state index in [1.807, 2.05) is 0 Å². The predicted molar refractivity (Wildman–Crippen MR) is 127 cm³/mol. The third-order valence-corrected chi connectivity index (χ3v) is 6.07. The van der Waals surface area contributed by atoms with Gasteiger partial charge in [-0.05, 0) is 32.1 Å². The van der Waals surface area contributed by atoms with E-state index in [1.165, 1.54) is 6.92 Å². The standard InChI is InChI=1S/C24H42N4O6/c1-17(2)8-13-34-22-15-28(19(4)29)11-10-27(24(32)20-14-26(5)25-18(20)3)9-6-7-12-33-16-21(30)23(22)31/h14,17,21-23,30-31H,6-13,15-16H2,1-5H3/t21-,22-,23-/m1/s1. The predicted octanol–water partition coefficient (Wildman–Crippen LogP) is 0.983. The topological polar surface area (TPSA) is 117 Å². The lowest BCUT2D eigenvalue weighted by molar-refractivity contribution is -0.140. The summed E-state index contributed by atoms with van der Waals surface area (Å²) in [6, 6.07) is 0. The van der Waals surface area contributed by atoms with Crippen LogP contribution in [0, 0.1) is 12.8 Å². The number of aromatic nitrogens is 2. The number of carbonyl (C=O) groups is 2. The second-order valence-corrected chi connectivity index (χ2v) is 9.49. The lowest BCUT2D eigenvalue weighted by Gasteiger charge is -2.33. The molecule has 34 heavy (non-hydrogen) atoms. The van der Waals surface area contributed by atoms with Crippen LogP contribution in [0.15, 0.2) is 6.20 Å². The highest BCUT2D eigenvalue weighted by molar-refractivity contribution is 5.95. The Labute approximate surface area is 202 Å². The van der Waals surface area contributed by atoms with E-state index in [-0.39, 0.29) is 25.0 Å². The lowest BCUT2D eigenvalue weighted by atomic mass is 10.1. The lowest BCUT2D eigenvalue weighted by Crippen LogP contribution is -2.50. The summed E-state index contributed by atoms with van der Waals surface area (Å²) in [5, 5.41) is 25.5. The zero-order chi connectivity index (χ0) is 25.3. The molecule has 10 heteroatoms. The van der Waals surface area contributed by atoms with Crippen molar-refractivity contribution in [3.05, 3.63) is 17.5 Å². The van der Waals surface area contributed by atoms with E-state index in [1.54, 1.807) is 34.6 Å². The van der Waals surface area contributed by atoms with Gasteiger partial charge in [0.15, 0.2) is 0 Å². The molecule has 0 bridgehead atoms. The van der Waals surface area contributed by atoms with Gasteiger partial charge in [0.1, 0.15) is 18.3 Å². The summed E-state index contributed by atoms with van der Waals surface area (Å²) in [6.07, 6.45) is 0.830. The van der Waals surface area contributed by atoms with E-state index in [0.717, 1.165) is 6.42 Å². The van der Waals surface area contributed by atoms with Crippen molar-refractivity contribution in [3.8, 4) is 0 Å². The minimum atomic E-state index is -1.20. The fourth-order valence-electron chi connectivity index (χ4n) is 3.90. The average molecular weight is 483 g/mol. The van der Waals surface area contributed by atoms with Crippen LogP contribution in [-0.4, -0.2) is 106 Å². The van der Waals surface area contributed by atoms with Crippen LogP contribution in [-0.2, 0) is 21.3 Å². The summed E-state index contributed by atoms with van der Waals surface area (Å²) in [4.78, 5) is 29.0. The van der Waals surface area contributed by atoms with Crippen molar-refractivity contribution in [1.29, 1.82) is 0 Å². The number of amides is 2. The Kier molecular flexibility index (Phi) is 11.4. The number of ether oxygens (including phenoxy) is 2. The van der Waals surface area contributed by atoms with Gasteiger partial charge in [0, 0.05) is 59.6 Å². The van der Waals surface area contributed by atoms with E-state index >= 15 is 0 Å². The number of aliphatic hydroxyl groups excluding tert-OH is 2. The molecule has 10 nitrogen and oxygen atoms in total. The van der Waals surface area contributed by atoms with Crippen LogP contribution in [0.25, 0.3) is 0 Å². The molecule has 0 saturated carbocycles. The summed E-state index contributed by atoms with van der Waals surface area (Å²) < 4.78 is 13.1. The van der Waals surface area contributed by atoms with E-state index in [0.29, 0.717) is 62.9 Å². The number of aryl methyl sites for hydroxylation is 2. The van der Waals surface area contributed by atoms with Gasteiger partial charge >= 0.3 is 0 Å². The van der Waals surface area contributed by atoms with Crippen molar-refractivity contribution >= 4 is 11.8 Å². The summed E-state index contributed by atoms with van der Waals surface area (Å²) in [5.41, 5.74) is 1.21.